The molecule has 0 fully saturated rings. The van der Waals surface area contributed by atoms with Crippen molar-refractivity contribution in [2.45, 2.75) is 4.21 Å². The third-order valence-electron chi connectivity index (χ3n) is 4.24. The van der Waals surface area contributed by atoms with Crippen molar-refractivity contribution in [1.82, 2.24) is 9.97 Å². The quantitative estimate of drug-likeness (QED) is 0.390. The van der Waals surface area contributed by atoms with Crippen molar-refractivity contribution in [2.75, 3.05) is 24.3 Å². The molecule has 8 nitrogen and oxygen atoms in total. The Balaban J connectivity index is 1.80. The first-order valence-corrected chi connectivity index (χ1v) is 11.7. The molecule has 2 heterocycles. The zero-order valence-electron chi connectivity index (χ0n) is 16.4. The Kier molecular flexibility index (Phi) is 5.86. The number of benzene rings is 2. The molecule has 11 heteroatoms. The molecule has 0 aliphatic heterocycles. The molecule has 160 valence electrons. The minimum Gasteiger partial charge on any atom is -0.497 e. The van der Waals surface area contributed by atoms with Crippen molar-refractivity contribution >= 4 is 61.3 Å². The number of hydrogen-bond donors (Lipinski definition) is 2. The summed E-state index contributed by atoms with van der Waals surface area (Å²) >= 11 is 7.05. The Labute approximate surface area is 187 Å². The summed E-state index contributed by atoms with van der Waals surface area (Å²) in [4.78, 5) is 9.02. The average Bonchev–Trinajstić information content (AvgIpc) is 3.20. The number of aromatic nitrogens is 2. The average molecular weight is 477 g/mol. The second-order valence-corrected chi connectivity index (χ2v) is 9.50. The van der Waals surface area contributed by atoms with E-state index in [-0.39, 0.29) is 20.9 Å². The molecule has 4 aromatic rings. The fourth-order valence-corrected chi connectivity index (χ4v) is 5.52. The number of halogens is 1. The monoisotopic (exact) mass is 476 g/mol. The molecule has 0 aliphatic rings. The predicted molar refractivity (Wildman–Crippen MR) is 123 cm³/mol. The highest BCUT2D eigenvalue weighted by atomic mass is 35.5. The standard InChI is InChI=1S/C20H17ClN4O4S2/c1-28-13-9-12(10-14(11-13)29-2)22-18-19(24-17-6-4-3-5-16(17)23-18)25-31(26,27)20-15(21)7-8-30-20/h3-11H,1-2H3,(H,22,23)(H,24,25). The summed E-state index contributed by atoms with van der Waals surface area (Å²) in [6.07, 6.45) is 0. The van der Waals surface area contributed by atoms with E-state index >= 15 is 0 Å². The van der Waals surface area contributed by atoms with Gasteiger partial charge < -0.3 is 14.8 Å². The number of hydrogen-bond acceptors (Lipinski definition) is 8. The minimum atomic E-state index is -3.97. The van der Waals surface area contributed by atoms with E-state index in [1.54, 1.807) is 56.0 Å². The molecule has 0 aliphatic carbocycles. The lowest BCUT2D eigenvalue weighted by Crippen LogP contribution is -2.15. The molecular weight excluding hydrogens is 460 g/mol. The molecule has 2 aromatic heterocycles. The second kappa shape index (κ2) is 8.58. The summed E-state index contributed by atoms with van der Waals surface area (Å²) in [6, 6.07) is 13.9. The lowest BCUT2D eigenvalue weighted by molar-refractivity contribution is 0.395. The van der Waals surface area contributed by atoms with E-state index in [0.717, 1.165) is 11.3 Å². The predicted octanol–water partition coefficient (Wildman–Crippen LogP) is 4.91. The molecule has 0 bridgehead atoms. The SMILES string of the molecule is COc1cc(Nc2nc3ccccc3nc2NS(=O)(=O)c2sccc2Cl)cc(OC)c1. The van der Waals surface area contributed by atoms with Crippen LogP contribution in [0.1, 0.15) is 0 Å². The molecule has 4 rings (SSSR count). The maximum absolute atomic E-state index is 12.9. The van der Waals surface area contributed by atoms with E-state index < -0.39 is 10.0 Å². The summed E-state index contributed by atoms with van der Waals surface area (Å²) in [5, 5.41) is 4.85. The molecule has 0 unspecified atom stereocenters. The van der Waals surface area contributed by atoms with Crippen LogP contribution in [0, 0.1) is 0 Å². The molecular formula is C20H17ClN4O4S2. The molecule has 0 saturated heterocycles. The highest BCUT2D eigenvalue weighted by Gasteiger charge is 2.23. The van der Waals surface area contributed by atoms with Gasteiger partial charge in [0.05, 0.1) is 30.3 Å². The molecule has 0 amide bonds. The fraction of sp³-hybridized carbons (Fsp3) is 0.100. The van der Waals surface area contributed by atoms with Gasteiger partial charge in [-0.15, -0.1) is 11.3 Å². The van der Waals surface area contributed by atoms with E-state index in [1.807, 2.05) is 6.07 Å². The summed E-state index contributed by atoms with van der Waals surface area (Å²) < 4.78 is 38.9. The zero-order valence-corrected chi connectivity index (χ0v) is 18.8. The van der Waals surface area contributed by atoms with Crippen molar-refractivity contribution in [3.63, 3.8) is 0 Å². The summed E-state index contributed by atoms with van der Waals surface area (Å²) in [5.74, 6) is 1.36. The van der Waals surface area contributed by atoms with Gasteiger partial charge in [-0.05, 0) is 23.6 Å². The molecule has 0 atom stereocenters. The maximum atomic E-state index is 12.9. The number of ether oxygens (including phenoxy) is 2. The number of methoxy groups -OCH3 is 2. The summed E-state index contributed by atoms with van der Waals surface area (Å²) in [5.41, 5.74) is 1.71. The van der Waals surface area contributed by atoms with Crippen LogP contribution >= 0.6 is 22.9 Å². The van der Waals surface area contributed by atoms with Gasteiger partial charge in [-0.3, -0.25) is 4.72 Å². The number of rotatable bonds is 7. The van der Waals surface area contributed by atoms with Crippen molar-refractivity contribution in [3.8, 4) is 11.5 Å². The number of thiophene rings is 1. The third kappa shape index (κ3) is 4.50. The summed E-state index contributed by atoms with van der Waals surface area (Å²) in [6.45, 7) is 0. The van der Waals surface area contributed by atoms with E-state index in [2.05, 4.69) is 20.0 Å². The molecule has 0 spiro atoms. The highest BCUT2D eigenvalue weighted by Crippen LogP contribution is 2.33. The van der Waals surface area contributed by atoms with Crippen LogP contribution in [0.2, 0.25) is 5.02 Å². The van der Waals surface area contributed by atoms with Crippen LogP contribution in [-0.4, -0.2) is 32.6 Å². The third-order valence-corrected chi connectivity index (χ3v) is 7.61. The maximum Gasteiger partial charge on any atom is 0.274 e. The van der Waals surface area contributed by atoms with Crippen LogP contribution in [0.5, 0.6) is 11.5 Å². The number of sulfonamides is 1. The smallest absolute Gasteiger partial charge is 0.274 e. The number of para-hydroxylation sites is 2. The number of anilines is 3. The number of nitrogens with zero attached hydrogens (tertiary/aromatic N) is 2. The number of nitrogens with one attached hydrogen (secondary N) is 2. The first-order valence-electron chi connectivity index (χ1n) is 8.92. The Morgan fingerprint density at radius 2 is 1.55 bits per heavy atom. The van der Waals surface area contributed by atoms with E-state index in [9.17, 15) is 8.42 Å². The van der Waals surface area contributed by atoms with Crippen molar-refractivity contribution in [2.24, 2.45) is 0 Å². The second-order valence-electron chi connectivity index (χ2n) is 6.30. The first kappa shape index (κ1) is 21.2. The van der Waals surface area contributed by atoms with E-state index in [1.165, 1.54) is 6.07 Å². The number of fused-ring (bicyclic) bond motifs is 1. The zero-order chi connectivity index (χ0) is 22.0. The van der Waals surface area contributed by atoms with Crippen molar-refractivity contribution < 1.29 is 17.9 Å². The van der Waals surface area contributed by atoms with E-state index in [0.29, 0.717) is 28.2 Å². The Morgan fingerprint density at radius 3 is 2.10 bits per heavy atom. The van der Waals surface area contributed by atoms with Gasteiger partial charge in [-0.25, -0.2) is 18.4 Å². The Hall–Kier alpha value is -3.08. The van der Waals surface area contributed by atoms with Crippen LogP contribution < -0.4 is 19.5 Å². The molecule has 2 aromatic carbocycles. The van der Waals surface area contributed by atoms with Gasteiger partial charge in [0.2, 0.25) is 0 Å². The van der Waals surface area contributed by atoms with Gasteiger partial charge in [-0.1, -0.05) is 23.7 Å². The minimum absolute atomic E-state index is 0.00174. The van der Waals surface area contributed by atoms with Gasteiger partial charge in [0.25, 0.3) is 10.0 Å². The van der Waals surface area contributed by atoms with Crippen LogP contribution in [0.4, 0.5) is 17.3 Å². The van der Waals surface area contributed by atoms with Gasteiger partial charge in [0, 0.05) is 23.9 Å². The molecule has 0 radical (unpaired) electrons. The lowest BCUT2D eigenvalue weighted by Gasteiger charge is -2.15. The largest absolute Gasteiger partial charge is 0.497 e. The molecule has 2 N–H and O–H groups in total. The normalized spacial score (nSPS) is 11.3. The topological polar surface area (TPSA) is 102 Å². The Morgan fingerprint density at radius 1 is 0.935 bits per heavy atom. The fourth-order valence-electron chi connectivity index (χ4n) is 2.82. The lowest BCUT2D eigenvalue weighted by atomic mass is 10.2. The Bertz CT molecular complexity index is 1340. The molecule has 0 saturated carbocycles. The van der Waals surface area contributed by atoms with Crippen LogP contribution in [0.25, 0.3) is 11.0 Å². The van der Waals surface area contributed by atoms with Crippen molar-refractivity contribution in [1.29, 1.82) is 0 Å². The van der Waals surface area contributed by atoms with Crippen LogP contribution in [-0.2, 0) is 10.0 Å². The highest BCUT2D eigenvalue weighted by molar-refractivity contribution is 7.94. The van der Waals surface area contributed by atoms with Crippen molar-refractivity contribution in [3.05, 3.63) is 58.9 Å². The van der Waals surface area contributed by atoms with Gasteiger partial charge in [0.15, 0.2) is 15.8 Å². The summed E-state index contributed by atoms with van der Waals surface area (Å²) in [7, 11) is -0.884. The van der Waals surface area contributed by atoms with Gasteiger partial charge in [0.1, 0.15) is 11.5 Å². The van der Waals surface area contributed by atoms with E-state index in [4.69, 9.17) is 21.1 Å². The van der Waals surface area contributed by atoms with Crippen LogP contribution in [0.15, 0.2) is 58.1 Å². The molecule has 31 heavy (non-hydrogen) atoms. The van der Waals surface area contributed by atoms with Crippen LogP contribution in [0.3, 0.4) is 0 Å². The first-order chi connectivity index (χ1) is 14.9. The van der Waals surface area contributed by atoms with Gasteiger partial charge >= 0.3 is 0 Å². The van der Waals surface area contributed by atoms with Gasteiger partial charge in [-0.2, -0.15) is 0 Å².